The monoisotopic (exact) mass is 334 g/mol. The summed E-state index contributed by atoms with van der Waals surface area (Å²) in [5.41, 5.74) is 6.23. The van der Waals surface area contributed by atoms with Gasteiger partial charge in [-0.25, -0.2) is 19.2 Å². The highest BCUT2D eigenvalue weighted by Crippen LogP contribution is 2.28. The fourth-order valence-corrected chi connectivity index (χ4v) is 1.66. The summed E-state index contributed by atoms with van der Waals surface area (Å²) in [6.45, 7) is 0. The SMILES string of the molecule is CNC(=O)Nc1ccc(Oc2ncnc(N)c2/C=N/OC)c(F)c1. The van der Waals surface area contributed by atoms with Crippen LogP contribution in [-0.4, -0.2) is 36.4 Å². The molecule has 0 saturated heterocycles. The highest BCUT2D eigenvalue weighted by atomic mass is 19.1. The Morgan fingerprint density at radius 1 is 1.42 bits per heavy atom. The summed E-state index contributed by atoms with van der Waals surface area (Å²) in [5.74, 6) is -0.702. The van der Waals surface area contributed by atoms with Gasteiger partial charge in [0, 0.05) is 18.8 Å². The molecule has 1 aromatic heterocycles. The maximum absolute atomic E-state index is 14.1. The van der Waals surface area contributed by atoms with Gasteiger partial charge >= 0.3 is 6.03 Å². The zero-order valence-electron chi connectivity index (χ0n) is 12.9. The van der Waals surface area contributed by atoms with Crippen LogP contribution in [0.2, 0.25) is 0 Å². The minimum absolute atomic E-state index is 0.00853. The molecule has 0 spiro atoms. The van der Waals surface area contributed by atoms with Crippen molar-refractivity contribution in [2.75, 3.05) is 25.2 Å². The van der Waals surface area contributed by atoms with Crippen molar-refractivity contribution in [3.05, 3.63) is 35.9 Å². The van der Waals surface area contributed by atoms with Crippen molar-refractivity contribution >= 4 is 23.8 Å². The lowest BCUT2D eigenvalue weighted by Crippen LogP contribution is -2.24. The van der Waals surface area contributed by atoms with Gasteiger partial charge in [-0.05, 0) is 12.1 Å². The predicted molar refractivity (Wildman–Crippen MR) is 85.6 cm³/mol. The van der Waals surface area contributed by atoms with Gasteiger partial charge in [-0.15, -0.1) is 0 Å². The number of aromatic nitrogens is 2. The van der Waals surface area contributed by atoms with Crippen LogP contribution in [0.3, 0.4) is 0 Å². The number of benzene rings is 1. The van der Waals surface area contributed by atoms with E-state index in [2.05, 4.69) is 30.6 Å². The molecule has 4 N–H and O–H groups in total. The van der Waals surface area contributed by atoms with Gasteiger partial charge in [0.2, 0.25) is 5.88 Å². The van der Waals surface area contributed by atoms with E-state index in [-0.39, 0.29) is 28.7 Å². The van der Waals surface area contributed by atoms with Crippen molar-refractivity contribution in [3.63, 3.8) is 0 Å². The summed E-state index contributed by atoms with van der Waals surface area (Å²) in [6.07, 6.45) is 2.43. The van der Waals surface area contributed by atoms with Crippen molar-refractivity contribution < 1.29 is 18.8 Å². The first-order chi connectivity index (χ1) is 11.5. The predicted octanol–water partition coefficient (Wildman–Crippen LogP) is 1.72. The molecule has 24 heavy (non-hydrogen) atoms. The molecule has 0 aliphatic rings. The summed E-state index contributed by atoms with van der Waals surface area (Å²) in [7, 11) is 2.81. The molecule has 126 valence electrons. The van der Waals surface area contributed by atoms with E-state index < -0.39 is 11.8 Å². The number of oxime groups is 1. The van der Waals surface area contributed by atoms with E-state index in [0.717, 1.165) is 6.07 Å². The number of urea groups is 1. The first-order valence-corrected chi connectivity index (χ1v) is 6.68. The van der Waals surface area contributed by atoms with E-state index in [4.69, 9.17) is 10.5 Å². The molecule has 10 heteroatoms. The van der Waals surface area contributed by atoms with E-state index >= 15 is 0 Å². The van der Waals surface area contributed by atoms with Crippen molar-refractivity contribution in [1.29, 1.82) is 0 Å². The number of hydrogen-bond acceptors (Lipinski definition) is 7. The maximum Gasteiger partial charge on any atom is 0.318 e. The molecule has 0 bridgehead atoms. The van der Waals surface area contributed by atoms with Crippen LogP contribution in [0.15, 0.2) is 29.7 Å². The summed E-state index contributed by atoms with van der Waals surface area (Å²) in [6, 6.07) is 3.46. The second-order valence-corrected chi connectivity index (χ2v) is 4.35. The molecule has 1 aromatic carbocycles. The van der Waals surface area contributed by atoms with Gasteiger partial charge in [0.1, 0.15) is 24.8 Å². The van der Waals surface area contributed by atoms with Gasteiger partial charge in [0.05, 0.1) is 6.21 Å². The second-order valence-electron chi connectivity index (χ2n) is 4.35. The molecule has 2 aromatic rings. The average molecular weight is 334 g/mol. The lowest BCUT2D eigenvalue weighted by atomic mass is 10.3. The zero-order chi connectivity index (χ0) is 17.5. The standard InChI is InChI=1S/C14H15FN6O3/c1-17-14(22)21-8-3-4-11(10(15)5-8)24-13-9(6-20-23-2)12(16)18-7-19-13/h3-7H,1-2H3,(H2,16,18,19)(H2,17,21,22)/b20-6+. The van der Waals surface area contributed by atoms with Gasteiger partial charge in [0.15, 0.2) is 11.6 Å². The van der Waals surface area contributed by atoms with E-state index in [0.29, 0.717) is 0 Å². The number of nitrogens with one attached hydrogen (secondary N) is 2. The molecular formula is C14H15FN6O3. The van der Waals surface area contributed by atoms with Crippen molar-refractivity contribution in [2.45, 2.75) is 0 Å². The third-order valence-electron chi connectivity index (χ3n) is 2.79. The second kappa shape index (κ2) is 7.72. The molecular weight excluding hydrogens is 319 g/mol. The molecule has 9 nitrogen and oxygen atoms in total. The van der Waals surface area contributed by atoms with Crippen LogP contribution >= 0.6 is 0 Å². The fraction of sp³-hybridized carbons (Fsp3) is 0.143. The summed E-state index contributed by atoms with van der Waals surface area (Å²) >= 11 is 0. The Hall–Kier alpha value is -3.43. The lowest BCUT2D eigenvalue weighted by molar-refractivity contribution is 0.215. The maximum atomic E-state index is 14.1. The van der Waals surface area contributed by atoms with E-state index in [1.807, 2.05) is 0 Å². The van der Waals surface area contributed by atoms with Crippen molar-refractivity contribution in [1.82, 2.24) is 15.3 Å². The Kier molecular flexibility index (Phi) is 5.45. The first kappa shape index (κ1) is 16.9. The molecule has 2 rings (SSSR count). The Balaban J connectivity index is 2.27. The number of amides is 2. The minimum atomic E-state index is -0.698. The average Bonchev–Trinajstić information content (AvgIpc) is 2.56. The van der Waals surface area contributed by atoms with Gasteiger partial charge < -0.3 is 25.9 Å². The van der Waals surface area contributed by atoms with Gasteiger partial charge in [-0.2, -0.15) is 0 Å². The van der Waals surface area contributed by atoms with Crippen LogP contribution in [0.1, 0.15) is 5.56 Å². The van der Waals surface area contributed by atoms with Gasteiger partial charge in [-0.3, -0.25) is 0 Å². The number of ether oxygens (including phenoxy) is 1. The largest absolute Gasteiger partial charge is 0.435 e. The van der Waals surface area contributed by atoms with Crippen LogP contribution in [0.5, 0.6) is 11.6 Å². The number of anilines is 2. The minimum Gasteiger partial charge on any atom is -0.435 e. The summed E-state index contributed by atoms with van der Waals surface area (Å²) < 4.78 is 19.6. The van der Waals surface area contributed by atoms with Crippen LogP contribution in [0.4, 0.5) is 20.7 Å². The number of nitrogens with two attached hydrogens (primary N) is 1. The molecule has 0 fully saturated rings. The summed E-state index contributed by atoms with van der Waals surface area (Å²) in [5, 5.41) is 8.37. The fourth-order valence-electron chi connectivity index (χ4n) is 1.66. The zero-order valence-corrected chi connectivity index (χ0v) is 12.9. The van der Waals surface area contributed by atoms with Crippen LogP contribution in [0.25, 0.3) is 0 Å². The first-order valence-electron chi connectivity index (χ1n) is 6.68. The van der Waals surface area contributed by atoms with Gasteiger partial charge in [0.25, 0.3) is 0 Å². The van der Waals surface area contributed by atoms with Crippen molar-refractivity contribution in [2.24, 2.45) is 5.16 Å². The topological polar surface area (TPSA) is 124 Å². The Morgan fingerprint density at radius 2 is 2.21 bits per heavy atom. The van der Waals surface area contributed by atoms with E-state index in [9.17, 15) is 9.18 Å². The molecule has 1 heterocycles. The highest BCUT2D eigenvalue weighted by Gasteiger charge is 2.13. The van der Waals surface area contributed by atoms with Crippen LogP contribution < -0.4 is 21.1 Å². The number of carbonyl (C=O) groups excluding carboxylic acids is 1. The number of rotatable bonds is 5. The lowest BCUT2D eigenvalue weighted by Gasteiger charge is -2.10. The molecule has 2 amide bonds. The Labute approximate surface area is 136 Å². The summed E-state index contributed by atoms with van der Waals surface area (Å²) in [4.78, 5) is 23.5. The number of nitrogen functional groups attached to an aromatic ring is 1. The van der Waals surface area contributed by atoms with Gasteiger partial charge in [-0.1, -0.05) is 5.16 Å². The Morgan fingerprint density at radius 3 is 2.88 bits per heavy atom. The molecule has 0 atom stereocenters. The van der Waals surface area contributed by atoms with E-state index in [1.54, 1.807) is 0 Å². The third-order valence-corrected chi connectivity index (χ3v) is 2.79. The molecule has 0 aliphatic carbocycles. The smallest absolute Gasteiger partial charge is 0.318 e. The molecule has 0 unspecified atom stereocenters. The van der Waals surface area contributed by atoms with E-state index in [1.165, 1.54) is 38.8 Å². The normalized spacial score (nSPS) is 10.5. The number of carbonyl (C=O) groups is 1. The molecule has 0 saturated carbocycles. The molecule has 0 radical (unpaired) electrons. The number of hydrogen-bond donors (Lipinski definition) is 3. The number of halogens is 1. The quantitative estimate of drug-likeness (QED) is 0.565. The molecule has 0 aliphatic heterocycles. The number of nitrogens with zero attached hydrogens (tertiary/aromatic N) is 3. The van der Waals surface area contributed by atoms with Crippen LogP contribution in [-0.2, 0) is 4.84 Å². The third kappa shape index (κ3) is 4.06. The Bertz CT molecular complexity index is 768. The van der Waals surface area contributed by atoms with Crippen LogP contribution in [0, 0.1) is 5.82 Å². The highest BCUT2D eigenvalue weighted by molar-refractivity contribution is 5.89. The van der Waals surface area contributed by atoms with Crippen molar-refractivity contribution in [3.8, 4) is 11.6 Å².